The number of hydrogen-bond acceptors (Lipinski definition) is 2. The summed E-state index contributed by atoms with van der Waals surface area (Å²) in [4.78, 5) is 9.49. The Hall–Kier alpha value is -0.920. The Morgan fingerprint density at radius 2 is 1.17 bits per heavy atom. The predicted molar refractivity (Wildman–Crippen MR) is 124 cm³/mol. The van der Waals surface area contributed by atoms with Gasteiger partial charge in [0.15, 0.2) is 0 Å². The number of nitrogens with zero attached hydrogens (tertiary/aromatic N) is 2. The molecule has 1 aromatic heterocycles. The fraction of sp³-hybridized carbons (Fsp3) is 0.852. The molecule has 2 heteroatoms. The summed E-state index contributed by atoms with van der Waals surface area (Å²) in [7, 11) is 0. The predicted octanol–water partition coefficient (Wildman–Crippen LogP) is 8.26. The van der Waals surface area contributed by atoms with E-state index in [-0.39, 0.29) is 0 Å². The van der Waals surface area contributed by atoms with Gasteiger partial charge in [0, 0.05) is 18.3 Å². The lowest BCUT2D eigenvalue weighted by molar-refractivity contribution is 0.222. The first-order valence-electron chi connectivity index (χ1n) is 13.1. The Morgan fingerprint density at radius 3 is 1.72 bits per heavy atom. The Bertz CT molecular complexity index is 536. The highest BCUT2D eigenvalue weighted by Gasteiger charge is 2.26. The molecule has 2 nitrogen and oxygen atoms in total. The Labute approximate surface area is 180 Å². The second-order valence-corrected chi connectivity index (χ2v) is 10.2. The lowest BCUT2D eigenvalue weighted by atomic mass is 9.75. The standard InChI is InChI=1S/C27H46N2/c1-3-5-7-9-25-20-28-27(29-21-25)26-18-16-24(17-19-26)15-14-23-12-10-22(11-13-23)8-6-4-2/h20-24,26H,3-19H2,1-2H3. The third kappa shape index (κ3) is 7.68. The first kappa shape index (κ1) is 22.8. The average molecular weight is 399 g/mol. The quantitative estimate of drug-likeness (QED) is 0.350. The number of aryl methyl sites for hydroxylation is 1. The molecular formula is C27H46N2. The molecule has 164 valence electrons. The number of hydrogen-bond donors (Lipinski definition) is 0. The third-order valence-electron chi connectivity index (χ3n) is 7.92. The van der Waals surface area contributed by atoms with Crippen molar-refractivity contribution in [3.05, 3.63) is 23.8 Å². The van der Waals surface area contributed by atoms with Gasteiger partial charge >= 0.3 is 0 Å². The minimum Gasteiger partial charge on any atom is -0.241 e. The van der Waals surface area contributed by atoms with Crippen LogP contribution in [-0.4, -0.2) is 9.97 Å². The van der Waals surface area contributed by atoms with E-state index in [1.54, 1.807) is 0 Å². The maximum absolute atomic E-state index is 4.74. The Morgan fingerprint density at radius 1 is 0.655 bits per heavy atom. The summed E-state index contributed by atoms with van der Waals surface area (Å²) in [5.74, 6) is 4.80. The average Bonchev–Trinajstić information content (AvgIpc) is 2.78. The van der Waals surface area contributed by atoms with Gasteiger partial charge < -0.3 is 0 Å². The van der Waals surface area contributed by atoms with Gasteiger partial charge in [0.25, 0.3) is 0 Å². The molecule has 1 heterocycles. The highest BCUT2D eigenvalue weighted by molar-refractivity contribution is 5.08. The van der Waals surface area contributed by atoms with Crippen LogP contribution >= 0.6 is 0 Å². The van der Waals surface area contributed by atoms with Gasteiger partial charge in [-0.05, 0) is 61.8 Å². The van der Waals surface area contributed by atoms with Crippen LogP contribution in [0.4, 0.5) is 0 Å². The highest BCUT2D eigenvalue weighted by Crippen LogP contribution is 2.39. The van der Waals surface area contributed by atoms with Crippen molar-refractivity contribution in [2.24, 2.45) is 17.8 Å². The normalized spacial score (nSPS) is 27.8. The van der Waals surface area contributed by atoms with Crippen molar-refractivity contribution in [1.82, 2.24) is 9.97 Å². The van der Waals surface area contributed by atoms with Crippen LogP contribution in [0.15, 0.2) is 12.4 Å². The molecule has 29 heavy (non-hydrogen) atoms. The maximum atomic E-state index is 4.74. The molecule has 0 saturated heterocycles. The first-order chi connectivity index (χ1) is 14.3. The van der Waals surface area contributed by atoms with Crippen molar-refractivity contribution in [3.8, 4) is 0 Å². The third-order valence-corrected chi connectivity index (χ3v) is 7.92. The zero-order chi connectivity index (χ0) is 20.3. The lowest BCUT2D eigenvalue weighted by Crippen LogP contribution is -2.18. The highest BCUT2D eigenvalue weighted by atomic mass is 14.9. The molecular weight excluding hydrogens is 352 g/mol. The number of aromatic nitrogens is 2. The van der Waals surface area contributed by atoms with Crippen LogP contribution in [0.1, 0.15) is 134 Å². The maximum Gasteiger partial charge on any atom is 0.131 e. The summed E-state index contributed by atoms with van der Waals surface area (Å²) >= 11 is 0. The van der Waals surface area contributed by atoms with Gasteiger partial charge in [0.2, 0.25) is 0 Å². The summed E-state index contributed by atoms with van der Waals surface area (Å²) < 4.78 is 0. The summed E-state index contributed by atoms with van der Waals surface area (Å²) in [6.07, 6.45) is 28.0. The molecule has 2 fully saturated rings. The van der Waals surface area contributed by atoms with Gasteiger partial charge in [-0.15, -0.1) is 0 Å². The minimum absolute atomic E-state index is 0.616. The largest absolute Gasteiger partial charge is 0.241 e. The van der Waals surface area contributed by atoms with Gasteiger partial charge in [-0.1, -0.05) is 84.5 Å². The van der Waals surface area contributed by atoms with Crippen LogP contribution in [0.2, 0.25) is 0 Å². The van der Waals surface area contributed by atoms with E-state index in [0.29, 0.717) is 5.92 Å². The monoisotopic (exact) mass is 398 g/mol. The molecule has 0 aromatic carbocycles. The van der Waals surface area contributed by atoms with Crippen molar-refractivity contribution < 1.29 is 0 Å². The van der Waals surface area contributed by atoms with E-state index in [1.807, 2.05) is 0 Å². The lowest BCUT2D eigenvalue weighted by Gasteiger charge is -2.31. The SMILES string of the molecule is CCCCCc1cnc(C2CCC(CCC3CCC(CCCC)CC3)CC2)nc1. The molecule has 0 spiro atoms. The van der Waals surface area contributed by atoms with Crippen molar-refractivity contribution in [1.29, 1.82) is 0 Å². The molecule has 1 aromatic rings. The van der Waals surface area contributed by atoms with Crippen molar-refractivity contribution in [2.45, 2.75) is 129 Å². The van der Waals surface area contributed by atoms with Crippen molar-refractivity contribution in [2.75, 3.05) is 0 Å². The van der Waals surface area contributed by atoms with Gasteiger partial charge in [0.05, 0.1) is 0 Å². The summed E-state index contributed by atoms with van der Waals surface area (Å²) in [5.41, 5.74) is 1.32. The van der Waals surface area contributed by atoms with E-state index in [4.69, 9.17) is 9.97 Å². The van der Waals surface area contributed by atoms with Crippen LogP contribution in [0.3, 0.4) is 0 Å². The molecule has 0 atom stereocenters. The number of rotatable bonds is 11. The van der Waals surface area contributed by atoms with E-state index in [0.717, 1.165) is 30.0 Å². The van der Waals surface area contributed by atoms with Gasteiger partial charge in [-0.2, -0.15) is 0 Å². The summed E-state index contributed by atoms with van der Waals surface area (Å²) in [6.45, 7) is 4.59. The molecule has 3 rings (SSSR count). The van der Waals surface area contributed by atoms with Gasteiger partial charge in [-0.25, -0.2) is 9.97 Å². The molecule has 0 bridgehead atoms. The van der Waals surface area contributed by atoms with E-state index < -0.39 is 0 Å². The van der Waals surface area contributed by atoms with Crippen molar-refractivity contribution in [3.63, 3.8) is 0 Å². The zero-order valence-electron chi connectivity index (χ0n) is 19.4. The van der Waals surface area contributed by atoms with Crippen LogP contribution in [-0.2, 0) is 6.42 Å². The first-order valence-corrected chi connectivity index (χ1v) is 13.1. The second kappa shape index (κ2) is 12.7. The van der Waals surface area contributed by atoms with Crippen LogP contribution in [0, 0.1) is 17.8 Å². The van der Waals surface area contributed by atoms with Gasteiger partial charge in [-0.3, -0.25) is 0 Å². The molecule has 0 aliphatic heterocycles. The van der Waals surface area contributed by atoms with E-state index in [1.165, 1.54) is 108 Å². The van der Waals surface area contributed by atoms with Crippen molar-refractivity contribution >= 4 is 0 Å². The minimum atomic E-state index is 0.616. The van der Waals surface area contributed by atoms with Crippen LogP contribution < -0.4 is 0 Å². The molecule has 2 aliphatic rings. The fourth-order valence-corrected chi connectivity index (χ4v) is 5.77. The topological polar surface area (TPSA) is 25.8 Å². The van der Waals surface area contributed by atoms with Crippen LogP contribution in [0.25, 0.3) is 0 Å². The molecule has 0 radical (unpaired) electrons. The molecule has 2 saturated carbocycles. The Balaban J connectivity index is 1.31. The van der Waals surface area contributed by atoms with E-state index in [9.17, 15) is 0 Å². The Kier molecular flexibility index (Phi) is 9.97. The fourth-order valence-electron chi connectivity index (χ4n) is 5.77. The second-order valence-electron chi connectivity index (χ2n) is 10.2. The van der Waals surface area contributed by atoms with E-state index in [2.05, 4.69) is 26.2 Å². The number of unbranched alkanes of at least 4 members (excludes halogenated alkanes) is 3. The van der Waals surface area contributed by atoms with E-state index >= 15 is 0 Å². The summed E-state index contributed by atoms with van der Waals surface area (Å²) in [5, 5.41) is 0. The molecule has 0 unspecified atom stereocenters. The molecule has 0 amide bonds. The van der Waals surface area contributed by atoms with Gasteiger partial charge in [0.1, 0.15) is 5.82 Å². The molecule has 2 aliphatic carbocycles. The zero-order valence-corrected chi connectivity index (χ0v) is 19.4. The smallest absolute Gasteiger partial charge is 0.131 e. The summed E-state index contributed by atoms with van der Waals surface area (Å²) in [6, 6.07) is 0. The van der Waals surface area contributed by atoms with Crippen LogP contribution in [0.5, 0.6) is 0 Å². The molecule has 0 N–H and O–H groups in total.